The minimum atomic E-state index is -0.170. The molecule has 0 unspecified atom stereocenters. The number of carbonyl (C=O) groups is 3. The van der Waals surface area contributed by atoms with Crippen LogP contribution in [0.4, 0.5) is 5.13 Å². The van der Waals surface area contributed by atoms with Crippen LogP contribution in [0.1, 0.15) is 32.6 Å². The number of hydrogen-bond donors (Lipinski definition) is 0. The molecular weight excluding hydrogens is 430 g/mol. The highest BCUT2D eigenvalue weighted by molar-refractivity contribution is 7.21. The highest BCUT2D eigenvalue weighted by atomic mass is 32.1. The van der Waals surface area contributed by atoms with Crippen LogP contribution in [-0.2, 0) is 19.1 Å². The average Bonchev–Trinajstić information content (AvgIpc) is 3.27. The summed E-state index contributed by atoms with van der Waals surface area (Å²) < 4.78 is 5.07. The lowest BCUT2D eigenvalue weighted by molar-refractivity contribution is -0.151. The van der Waals surface area contributed by atoms with Crippen LogP contribution in [0.15, 0.2) is 18.3 Å². The van der Waals surface area contributed by atoms with E-state index in [1.54, 1.807) is 29.4 Å². The number of amides is 2. The summed E-state index contributed by atoms with van der Waals surface area (Å²) in [5.74, 6) is -0.286. The third-order valence-electron chi connectivity index (χ3n) is 6.08. The minimum absolute atomic E-state index is 0.0127. The van der Waals surface area contributed by atoms with E-state index in [0.717, 1.165) is 28.6 Å². The van der Waals surface area contributed by atoms with Crippen LogP contribution >= 0.6 is 11.3 Å². The Morgan fingerprint density at radius 2 is 1.69 bits per heavy atom. The van der Waals surface area contributed by atoms with Gasteiger partial charge in [0.2, 0.25) is 11.8 Å². The number of hydrogen-bond acceptors (Lipinski definition) is 8. The first-order chi connectivity index (χ1) is 15.5. The summed E-state index contributed by atoms with van der Waals surface area (Å²) in [5, 5.41) is 0.937. The fourth-order valence-electron chi connectivity index (χ4n) is 4.20. The average molecular weight is 460 g/mol. The monoisotopic (exact) mass is 459 g/mol. The number of fused-ring (bicyclic) bond motifs is 1. The zero-order valence-corrected chi connectivity index (χ0v) is 19.2. The van der Waals surface area contributed by atoms with Crippen molar-refractivity contribution in [2.45, 2.75) is 32.6 Å². The van der Waals surface area contributed by atoms with Crippen LogP contribution in [0.2, 0.25) is 0 Å². The normalized spacial score (nSPS) is 17.6. The molecular formula is C22H29N5O4S. The molecule has 0 spiro atoms. The SMILES string of the molecule is CCOC(=O)C1CCN(C(=O)CCC(=O)N2CCN(c3nc4cccnc4s3)CC2)CC1. The van der Waals surface area contributed by atoms with E-state index in [-0.39, 0.29) is 36.5 Å². The largest absolute Gasteiger partial charge is 0.466 e. The van der Waals surface area contributed by atoms with Gasteiger partial charge < -0.3 is 19.4 Å². The van der Waals surface area contributed by atoms with Crippen molar-refractivity contribution >= 4 is 44.6 Å². The highest BCUT2D eigenvalue weighted by Gasteiger charge is 2.29. The number of anilines is 1. The van der Waals surface area contributed by atoms with Crippen LogP contribution in [0.3, 0.4) is 0 Å². The predicted molar refractivity (Wildman–Crippen MR) is 121 cm³/mol. The van der Waals surface area contributed by atoms with Gasteiger partial charge in [-0.1, -0.05) is 11.3 Å². The van der Waals surface area contributed by atoms with Crippen molar-refractivity contribution in [3.05, 3.63) is 18.3 Å². The molecule has 2 fully saturated rings. The van der Waals surface area contributed by atoms with Crippen molar-refractivity contribution in [1.29, 1.82) is 0 Å². The first-order valence-electron chi connectivity index (χ1n) is 11.2. The number of piperazine rings is 1. The van der Waals surface area contributed by atoms with E-state index in [0.29, 0.717) is 45.6 Å². The Kier molecular flexibility index (Phi) is 7.19. The fourth-order valence-corrected chi connectivity index (χ4v) is 5.16. The maximum atomic E-state index is 12.6. The Labute approximate surface area is 191 Å². The molecule has 2 aromatic heterocycles. The van der Waals surface area contributed by atoms with E-state index in [2.05, 4.69) is 14.9 Å². The van der Waals surface area contributed by atoms with Crippen molar-refractivity contribution in [3.63, 3.8) is 0 Å². The van der Waals surface area contributed by atoms with Gasteiger partial charge in [0, 0.05) is 58.3 Å². The van der Waals surface area contributed by atoms with Gasteiger partial charge in [-0.15, -0.1) is 0 Å². The molecule has 0 saturated carbocycles. The van der Waals surface area contributed by atoms with Crippen LogP contribution in [0, 0.1) is 5.92 Å². The second-order valence-electron chi connectivity index (χ2n) is 8.10. The van der Waals surface area contributed by atoms with Crippen LogP contribution in [0.25, 0.3) is 10.3 Å². The molecule has 0 N–H and O–H groups in total. The van der Waals surface area contributed by atoms with E-state index in [4.69, 9.17) is 4.74 Å². The summed E-state index contributed by atoms with van der Waals surface area (Å²) in [6, 6.07) is 3.84. The minimum Gasteiger partial charge on any atom is -0.466 e. The fraction of sp³-hybridized carbons (Fsp3) is 0.591. The number of aromatic nitrogens is 2. The van der Waals surface area contributed by atoms with Gasteiger partial charge in [0.15, 0.2) is 5.13 Å². The van der Waals surface area contributed by atoms with Crippen molar-refractivity contribution in [3.8, 4) is 0 Å². The Hall–Kier alpha value is -2.75. The molecule has 2 amide bonds. The number of piperidine rings is 1. The number of pyridine rings is 1. The van der Waals surface area contributed by atoms with Crippen molar-refractivity contribution in [2.75, 3.05) is 50.8 Å². The molecule has 9 nitrogen and oxygen atoms in total. The molecule has 32 heavy (non-hydrogen) atoms. The van der Waals surface area contributed by atoms with Crippen molar-refractivity contribution < 1.29 is 19.1 Å². The summed E-state index contributed by atoms with van der Waals surface area (Å²) in [7, 11) is 0. The van der Waals surface area contributed by atoms with Gasteiger partial charge in [0.1, 0.15) is 10.3 Å². The maximum Gasteiger partial charge on any atom is 0.309 e. The molecule has 10 heteroatoms. The summed E-state index contributed by atoms with van der Waals surface area (Å²) in [5.41, 5.74) is 0.899. The second-order valence-corrected chi connectivity index (χ2v) is 9.06. The summed E-state index contributed by atoms with van der Waals surface area (Å²) in [6.07, 6.45) is 3.46. The molecule has 0 atom stereocenters. The summed E-state index contributed by atoms with van der Waals surface area (Å²) >= 11 is 1.57. The molecule has 2 aliphatic rings. The molecule has 2 saturated heterocycles. The number of rotatable bonds is 6. The number of nitrogens with zero attached hydrogens (tertiary/aromatic N) is 5. The molecule has 4 rings (SSSR count). The van der Waals surface area contributed by atoms with Crippen LogP contribution in [0.5, 0.6) is 0 Å². The molecule has 0 bridgehead atoms. The first kappa shape index (κ1) is 22.4. The molecule has 2 aromatic rings. The number of likely N-dealkylation sites (tertiary alicyclic amines) is 1. The van der Waals surface area contributed by atoms with Crippen molar-refractivity contribution in [1.82, 2.24) is 19.8 Å². The first-order valence-corrected chi connectivity index (χ1v) is 12.1. The molecule has 0 aliphatic carbocycles. The smallest absolute Gasteiger partial charge is 0.309 e. The third kappa shape index (κ3) is 5.17. The Morgan fingerprint density at radius 3 is 2.31 bits per heavy atom. The second kappa shape index (κ2) is 10.2. The molecule has 172 valence electrons. The van der Waals surface area contributed by atoms with E-state index in [9.17, 15) is 14.4 Å². The van der Waals surface area contributed by atoms with Gasteiger partial charge >= 0.3 is 5.97 Å². The Bertz CT molecular complexity index is 931. The lowest BCUT2D eigenvalue weighted by Gasteiger charge is -2.35. The standard InChI is InChI=1S/C22H29N5O4S/c1-2-31-21(30)16-7-10-25(11-8-16)18(28)5-6-19(29)26-12-14-27(15-13-26)22-24-17-4-3-9-23-20(17)32-22/h3-4,9,16H,2,5-8,10-15H2,1H3. The Morgan fingerprint density at radius 1 is 1.03 bits per heavy atom. The highest BCUT2D eigenvalue weighted by Crippen LogP contribution is 2.27. The molecule has 2 aliphatic heterocycles. The van der Waals surface area contributed by atoms with Gasteiger partial charge in [-0.25, -0.2) is 9.97 Å². The topological polar surface area (TPSA) is 95.9 Å². The van der Waals surface area contributed by atoms with E-state index in [1.165, 1.54) is 0 Å². The lowest BCUT2D eigenvalue weighted by atomic mass is 9.96. The van der Waals surface area contributed by atoms with Gasteiger partial charge in [-0.05, 0) is 31.9 Å². The predicted octanol–water partition coefficient (Wildman–Crippen LogP) is 1.92. The van der Waals surface area contributed by atoms with Gasteiger partial charge in [0.25, 0.3) is 0 Å². The van der Waals surface area contributed by atoms with Crippen molar-refractivity contribution in [2.24, 2.45) is 5.92 Å². The number of esters is 1. The van der Waals surface area contributed by atoms with Gasteiger partial charge in [0.05, 0.1) is 12.5 Å². The van der Waals surface area contributed by atoms with Crippen LogP contribution in [-0.4, -0.2) is 83.4 Å². The van der Waals surface area contributed by atoms with Gasteiger partial charge in [-0.2, -0.15) is 0 Å². The number of ether oxygens (including phenoxy) is 1. The maximum absolute atomic E-state index is 12.6. The number of carbonyl (C=O) groups excluding carboxylic acids is 3. The zero-order valence-electron chi connectivity index (χ0n) is 18.4. The Balaban J connectivity index is 1.19. The zero-order chi connectivity index (χ0) is 22.5. The quantitative estimate of drug-likeness (QED) is 0.609. The third-order valence-corrected chi connectivity index (χ3v) is 7.12. The van der Waals surface area contributed by atoms with Gasteiger partial charge in [-0.3, -0.25) is 14.4 Å². The molecule has 0 radical (unpaired) electrons. The number of thiazole rings is 1. The summed E-state index contributed by atoms with van der Waals surface area (Å²) in [6.45, 7) is 5.97. The summed E-state index contributed by atoms with van der Waals surface area (Å²) in [4.78, 5) is 52.7. The lowest BCUT2D eigenvalue weighted by Crippen LogP contribution is -2.49. The van der Waals surface area contributed by atoms with E-state index in [1.807, 2.05) is 17.0 Å². The molecule has 4 heterocycles. The van der Waals surface area contributed by atoms with E-state index >= 15 is 0 Å². The van der Waals surface area contributed by atoms with E-state index < -0.39 is 0 Å². The molecule has 0 aromatic carbocycles. The van der Waals surface area contributed by atoms with Crippen LogP contribution < -0.4 is 4.90 Å².